The van der Waals surface area contributed by atoms with E-state index in [0.29, 0.717) is 6.54 Å². The molecule has 0 aromatic heterocycles. The molecule has 6 heteroatoms. The van der Waals surface area contributed by atoms with Crippen molar-refractivity contribution in [2.45, 2.75) is 52.2 Å². The molecule has 1 aliphatic rings. The first-order valence-electron chi connectivity index (χ1n) is 7.47. The number of quaternary nitrogens is 1. The zero-order chi connectivity index (χ0) is 15.3. The number of hydrogen-bond acceptors (Lipinski definition) is 3. The van der Waals surface area contributed by atoms with E-state index in [1.807, 2.05) is 0 Å². The Morgan fingerprint density at radius 1 is 1.25 bits per heavy atom. The largest absolute Gasteiger partial charge is 0.385 e. The molecule has 1 unspecified atom stereocenters. The molecule has 0 radical (unpaired) electrons. The number of aliphatic hydroxyl groups is 1. The van der Waals surface area contributed by atoms with Crippen LogP contribution in [0.4, 0.5) is 4.79 Å². The van der Waals surface area contributed by atoms with Crippen molar-refractivity contribution in [1.29, 1.82) is 0 Å². The minimum Gasteiger partial charge on any atom is -0.385 e. The molecular formula is C14H28N3O3+. The van der Waals surface area contributed by atoms with Gasteiger partial charge < -0.3 is 15.3 Å². The predicted octanol–water partition coefficient (Wildman–Crippen LogP) is -0.617. The standard InChI is InChI=1S/C14H27N3O3/c1-5-7-16(8-6-2)9-11(18)10-17-12(19)14(3,4)15-13(17)20/h11,18H,5-10H2,1-4H3,(H,15,20)/p+1. The van der Waals surface area contributed by atoms with Gasteiger partial charge in [0.15, 0.2) is 0 Å². The van der Waals surface area contributed by atoms with Gasteiger partial charge in [-0.05, 0) is 26.7 Å². The van der Waals surface area contributed by atoms with Crippen molar-refractivity contribution in [3.63, 3.8) is 0 Å². The van der Waals surface area contributed by atoms with Crippen LogP contribution in [-0.2, 0) is 4.79 Å². The zero-order valence-electron chi connectivity index (χ0n) is 13.0. The van der Waals surface area contributed by atoms with E-state index in [0.717, 1.165) is 30.8 Å². The van der Waals surface area contributed by atoms with Crippen LogP contribution in [-0.4, -0.2) is 59.8 Å². The molecule has 0 spiro atoms. The van der Waals surface area contributed by atoms with Gasteiger partial charge in [-0.25, -0.2) is 4.79 Å². The van der Waals surface area contributed by atoms with Gasteiger partial charge in [0, 0.05) is 0 Å². The summed E-state index contributed by atoms with van der Waals surface area (Å²) in [6.45, 7) is 10.2. The van der Waals surface area contributed by atoms with E-state index in [9.17, 15) is 14.7 Å². The van der Waals surface area contributed by atoms with Crippen LogP contribution < -0.4 is 10.2 Å². The summed E-state index contributed by atoms with van der Waals surface area (Å²) in [5.74, 6) is -0.269. The van der Waals surface area contributed by atoms with Crippen molar-refractivity contribution in [3.8, 4) is 0 Å². The van der Waals surface area contributed by atoms with Crippen molar-refractivity contribution < 1.29 is 19.6 Å². The second-order valence-electron chi connectivity index (χ2n) is 6.08. The molecule has 3 amide bonds. The second-order valence-corrected chi connectivity index (χ2v) is 6.08. The van der Waals surface area contributed by atoms with E-state index in [2.05, 4.69) is 19.2 Å². The summed E-state index contributed by atoms with van der Waals surface area (Å²) in [6, 6.07) is -0.411. The molecule has 0 aromatic carbocycles. The highest BCUT2D eigenvalue weighted by atomic mass is 16.3. The van der Waals surface area contributed by atoms with Crippen molar-refractivity contribution in [2.24, 2.45) is 0 Å². The summed E-state index contributed by atoms with van der Waals surface area (Å²) in [5.41, 5.74) is -0.865. The third-order valence-corrected chi connectivity index (χ3v) is 3.57. The normalized spacial score (nSPS) is 19.6. The maximum Gasteiger partial charge on any atom is 0.325 e. The van der Waals surface area contributed by atoms with Gasteiger partial charge in [0.2, 0.25) is 0 Å². The van der Waals surface area contributed by atoms with Crippen LogP contribution >= 0.6 is 0 Å². The Morgan fingerprint density at radius 2 is 1.80 bits per heavy atom. The number of nitrogens with one attached hydrogen (secondary N) is 2. The molecule has 0 aliphatic carbocycles. The molecule has 0 saturated carbocycles. The zero-order valence-corrected chi connectivity index (χ0v) is 13.0. The van der Waals surface area contributed by atoms with Crippen molar-refractivity contribution in [1.82, 2.24) is 10.2 Å². The van der Waals surface area contributed by atoms with Gasteiger partial charge >= 0.3 is 6.03 Å². The number of urea groups is 1. The lowest BCUT2D eigenvalue weighted by atomic mass is 10.1. The van der Waals surface area contributed by atoms with Gasteiger partial charge in [-0.3, -0.25) is 9.69 Å². The molecule has 0 aromatic rings. The number of aliphatic hydroxyl groups excluding tert-OH is 1. The number of imide groups is 1. The second kappa shape index (κ2) is 7.04. The highest BCUT2D eigenvalue weighted by Crippen LogP contribution is 2.16. The maximum absolute atomic E-state index is 12.0. The lowest BCUT2D eigenvalue weighted by Gasteiger charge is -2.24. The summed E-state index contributed by atoms with van der Waals surface area (Å²) in [4.78, 5) is 26.2. The molecule has 1 saturated heterocycles. The SMILES string of the molecule is CCC[NH+](CCC)CC(O)CN1C(=O)NC(C)(C)C1=O. The Morgan fingerprint density at radius 3 is 2.20 bits per heavy atom. The van der Waals surface area contributed by atoms with Crippen LogP contribution in [0.5, 0.6) is 0 Å². The highest BCUT2D eigenvalue weighted by molar-refractivity contribution is 6.06. The van der Waals surface area contributed by atoms with E-state index in [4.69, 9.17) is 0 Å². The Balaban J connectivity index is 2.55. The van der Waals surface area contributed by atoms with E-state index < -0.39 is 17.7 Å². The lowest BCUT2D eigenvalue weighted by Crippen LogP contribution is -3.13. The molecule has 1 aliphatic heterocycles. The fraction of sp³-hybridized carbons (Fsp3) is 0.857. The number of rotatable bonds is 8. The van der Waals surface area contributed by atoms with Gasteiger partial charge in [0.05, 0.1) is 19.6 Å². The van der Waals surface area contributed by atoms with Crippen molar-refractivity contribution in [3.05, 3.63) is 0 Å². The number of β-amino-alcohol motifs (C(OH)–C–C–N with tert-alkyl or cyclic N) is 1. The van der Waals surface area contributed by atoms with Crippen molar-refractivity contribution in [2.75, 3.05) is 26.2 Å². The third-order valence-electron chi connectivity index (χ3n) is 3.57. The molecular weight excluding hydrogens is 258 g/mol. The predicted molar refractivity (Wildman–Crippen MR) is 76.5 cm³/mol. The van der Waals surface area contributed by atoms with Crippen LogP contribution in [0, 0.1) is 0 Å². The highest BCUT2D eigenvalue weighted by Gasteiger charge is 2.44. The van der Waals surface area contributed by atoms with Crippen LogP contribution in [0.3, 0.4) is 0 Å². The molecule has 0 bridgehead atoms. The number of carbonyl (C=O) groups is 2. The van der Waals surface area contributed by atoms with E-state index in [-0.39, 0.29) is 12.5 Å². The summed E-state index contributed by atoms with van der Waals surface area (Å²) < 4.78 is 0. The van der Waals surface area contributed by atoms with Gasteiger partial charge in [-0.2, -0.15) is 0 Å². The molecule has 6 nitrogen and oxygen atoms in total. The molecule has 1 rings (SSSR count). The average molecular weight is 286 g/mol. The van der Waals surface area contributed by atoms with Crippen LogP contribution in [0.25, 0.3) is 0 Å². The Hall–Kier alpha value is -1.14. The van der Waals surface area contributed by atoms with E-state index in [1.165, 1.54) is 4.90 Å². The maximum atomic E-state index is 12.0. The number of nitrogens with zero attached hydrogens (tertiary/aromatic N) is 1. The molecule has 1 atom stereocenters. The summed E-state index contributed by atoms with van der Waals surface area (Å²) >= 11 is 0. The quantitative estimate of drug-likeness (QED) is 0.521. The third kappa shape index (κ3) is 4.18. The molecule has 20 heavy (non-hydrogen) atoms. The number of hydrogen-bond donors (Lipinski definition) is 3. The van der Waals surface area contributed by atoms with E-state index >= 15 is 0 Å². The summed E-state index contributed by atoms with van der Waals surface area (Å²) in [6.07, 6.45) is 1.43. The van der Waals surface area contributed by atoms with Crippen LogP contribution in [0.15, 0.2) is 0 Å². The Bertz CT molecular complexity index is 352. The first-order chi connectivity index (χ1) is 9.31. The molecule has 116 valence electrons. The monoisotopic (exact) mass is 286 g/mol. The average Bonchev–Trinajstić information content (AvgIpc) is 2.52. The van der Waals surface area contributed by atoms with Crippen LogP contribution in [0.1, 0.15) is 40.5 Å². The number of amides is 3. The van der Waals surface area contributed by atoms with Gasteiger partial charge in [0.1, 0.15) is 18.2 Å². The molecule has 1 heterocycles. The van der Waals surface area contributed by atoms with Crippen molar-refractivity contribution >= 4 is 11.9 Å². The fourth-order valence-corrected chi connectivity index (χ4v) is 2.63. The van der Waals surface area contributed by atoms with Crippen LogP contribution in [0.2, 0.25) is 0 Å². The minimum absolute atomic E-state index is 0.0744. The smallest absolute Gasteiger partial charge is 0.325 e. The topological polar surface area (TPSA) is 74.1 Å². The lowest BCUT2D eigenvalue weighted by molar-refractivity contribution is -0.903. The Labute approximate surface area is 121 Å². The van der Waals surface area contributed by atoms with E-state index in [1.54, 1.807) is 13.8 Å². The van der Waals surface area contributed by atoms with Gasteiger partial charge in [-0.1, -0.05) is 13.8 Å². The number of carbonyl (C=O) groups excluding carboxylic acids is 2. The summed E-state index contributed by atoms with van der Waals surface area (Å²) in [5, 5.41) is 12.8. The Kier molecular flexibility index (Phi) is 5.95. The summed E-state index contributed by atoms with van der Waals surface area (Å²) in [7, 11) is 0. The van der Waals surface area contributed by atoms with Gasteiger partial charge in [0.25, 0.3) is 5.91 Å². The molecule has 3 N–H and O–H groups in total. The van der Waals surface area contributed by atoms with Gasteiger partial charge in [-0.15, -0.1) is 0 Å². The first-order valence-corrected chi connectivity index (χ1v) is 7.47. The first kappa shape index (κ1) is 16.9. The fourth-order valence-electron chi connectivity index (χ4n) is 2.63. The molecule has 1 fully saturated rings. The minimum atomic E-state index is -0.865.